The van der Waals surface area contributed by atoms with E-state index in [9.17, 15) is 0 Å². The zero-order valence-electron chi connectivity index (χ0n) is 14.9. The highest BCUT2D eigenvalue weighted by atomic mass is 31.1. The summed E-state index contributed by atoms with van der Waals surface area (Å²) in [5, 5.41) is 1.74. The van der Waals surface area contributed by atoms with Crippen LogP contribution in [0.25, 0.3) is 0 Å². The van der Waals surface area contributed by atoms with Gasteiger partial charge in [0.05, 0.1) is 18.1 Å². The van der Waals surface area contributed by atoms with E-state index in [4.69, 9.17) is 0 Å². The number of hydrogen-bond donors (Lipinski definition) is 0. The standard InChI is InChI=1S/C19H31P/c1-17(2,3)13-10-14(18(4,5)6)16-15(11-13)19(7,8)12-20(16)9/h10-11H,12H2,1-9H3/p+1. The first-order valence-electron chi connectivity index (χ1n) is 7.86. The lowest BCUT2D eigenvalue weighted by atomic mass is 9.75. The fraction of sp³-hybridized carbons (Fsp3) is 0.684. The van der Waals surface area contributed by atoms with Crippen molar-refractivity contribution in [2.75, 3.05) is 12.8 Å². The van der Waals surface area contributed by atoms with Crippen molar-refractivity contribution in [2.24, 2.45) is 0 Å². The Hall–Kier alpha value is -0.350. The van der Waals surface area contributed by atoms with Gasteiger partial charge in [0, 0.05) is 24.5 Å². The summed E-state index contributed by atoms with van der Waals surface area (Å²) in [4.78, 5) is 0. The van der Waals surface area contributed by atoms with Gasteiger partial charge in [-0.05, 0) is 16.4 Å². The SMILES string of the molecule is C[PH+]1CC(C)(C)c2cc(C(C)(C)C)cc(C(C)(C)C)c21. The predicted molar refractivity (Wildman–Crippen MR) is 95.6 cm³/mol. The molecular formula is C19H32P+. The Morgan fingerprint density at radius 2 is 1.50 bits per heavy atom. The average molecular weight is 291 g/mol. The average Bonchev–Trinajstić information content (AvgIpc) is 2.46. The summed E-state index contributed by atoms with van der Waals surface area (Å²) >= 11 is 0. The molecule has 0 amide bonds. The molecule has 0 saturated heterocycles. The van der Waals surface area contributed by atoms with Crippen molar-refractivity contribution in [3.05, 3.63) is 28.8 Å². The molecule has 1 aromatic rings. The Kier molecular flexibility index (Phi) is 3.66. The fourth-order valence-corrected chi connectivity index (χ4v) is 6.98. The Balaban J connectivity index is 2.79. The molecule has 1 aliphatic heterocycles. The summed E-state index contributed by atoms with van der Waals surface area (Å²) < 4.78 is 0. The van der Waals surface area contributed by atoms with Gasteiger partial charge in [-0.2, -0.15) is 0 Å². The summed E-state index contributed by atoms with van der Waals surface area (Å²) in [5.74, 6) is 0. The Bertz CT molecular complexity index is 524. The lowest BCUT2D eigenvalue weighted by molar-refractivity contribution is 0.560. The third-order valence-electron chi connectivity index (χ3n) is 4.68. The van der Waals surface area contributed by atoms with Crippen LogP contribution < -0.4 is 5.30 Å². The lowest BCUT2D eigenvalue weighted by Gasteiger charge is -2.28. The first-order valence-corrected chi connectivity index (χ1v) is 10.1. The van der Waals surface area contributed by atoms with Crippen LogP contribution >= 0.6 is 7.92 Å². The Morgan fingerprint density at radius 3 is 1.95 bits per heavy atom. The largest absolute Gasteiger partial charge is 0.0987 e. The van der Waals surface area contributed by atoms with Gasteiger partial charge in [0.1, 0.15) is 0 Å². The molecule has 1 aliphatic rings. The first kappa shape index (κ1) is 16.0. The molecule has 1 atom stereocenters. The van der Waals surface area contributed by atoms with Crippen LogP contribution in [0.5, 0.6) is 0 Å². The first-order chi connectivity index (χ1) is 8.84. The van der Waals surface area contributed by atoms with Crippen LogP contribution in [0.1, 0.15) is 72.1 Å². The van der Waals surface area contributed by atoms with Crippen molar-refractivity contribution in [2.45, 2.75) is 71.6 Å². The number of rotatable bonds is 0. The molecule has 0 saturated carbocycles. The van der Waals surface area contributed by atoms with Crippen molar-refractivity contribution in [1.82, 2.24) is 0 Å². The summed E-state index contributed by atoms with van der Waals surface area (Å²) in [7, 11) is -0.394. The quantitative estimate of drug-likeness (QED) is 0.587. The molecule has 0 spiro atoms. The maximum atomic E-state index is 2.52. The second kappa shape index (κ2) is 4.57. The predicted octanol–water partition coefficient (Wildman–Crippen LogP) is 5.04. The molecule has 1 aromatic carbocycles. The Labute approximate surface area is 127 Å². The van der Waals surface area contributed by atoms with Gasteiger partial charge >= 0.3 is 0 Å². The van der Waals surface area contributed by atoms with Gasteiger partial charge < -0.3 is 0 Å². The van der Waals surface area contributed by atoms with Gasteiger partial charge in [0.25, 0.3) is 0 Å². The smallest absolute Gasteiger partial charge is 0.0561 e. The molecule has 1 heterocycles. The zero-order chi connectivity index (χ0) is 15.5. The molecular weight excluding hydrogens is 259 g/mol. The number of hydrogen-bond acceptors (Lipinski definition) is 0. The van der Waals surface area contributed by atoms with E-state index in [-0.39, 0.29) is 10.8 Å². The number of benzene rings is 1. The minimum atomic E-state index is -0.394. The molecule has 1 heteroatoms. The fourth-order valence-electron chi connectivity index (χ4n) is 3.51. The minimum absolute atomic E-state index is 0.231. The van der Waals surface area contributed by atoms with Crippen LogP contribution in [0.15, 0.2) is 12.1 Å². The van der Waals surface area contributed by atoms with Crippen LogP contribution in [0.4, 0.5) is 0 Å². The van der Waals surface area contributed by atoms with Crippen LogP contribution in [0.3, 0.4) is 0 Å². The molecule has 0 fully saturated rings. The summed E-state index contributed by atoms with van der Waals surface area (Å²) in [6.07, 6.45) is 1.38. The van der Waals surface area contributed by atoms with E-state index in [1.807, 2.05) is 0 Å². The van der Waals surface area contributed by atoms with Crippen molar-refractivity contribution < 1.29 is 0 Å². The topological polar surface area (TPSA) is 0 Å². The van der Waals surface area contributed by atoms with Gasteiger partial charge in [-0.25, -0.2) is 0 Å². The minimum Gasteiger partial charge on any atom is -0.0561 e. The van der Waals surface area contributed by atoms with E-state index < -0.39 is 7.92 Å². The lowest BCUT2D eigenvalue weighted by Crippen LogP contribution is -2.27. The highest BCUT2D eigenvalue weighted by Gasteiger charge is 2.44. The van der Waals surface area contributed by atoms with E-state index in [2.05, 4.69) is 74.2 Å². The van der Waals surface area contributed by atoms with E-state index >= 15 is 0 Å². The van der Waals surface area contributed by atoms with E-state index in [1.165, 1.54) is 11.7 Å². The van der Waals surface area contributed by atoms with Crippen LogP contribution in [-0.2, 0) is 16.2 Å². The van der Waals surface area contributed by atoms with Crippen LogP contribution in [-0.4, -0.2) is 12.8 Å². The second-order valence-corrected chi connectivity index (χ2v) is 11.7. The van der Waals surface area contributed by atoms with Gasteiger partial charge in [-0.3, -0.25) is 0 Å². The monoisotopic (exact) mass is 291 g/mol. The normalized spacial score (nSPS) is 21.9. The van der Waals surface area contributed by atoms with Gasteiger partial charge in [-0.15, -0.1) is 0 Å². The highest BCUT2D eigenvalue weighted by Crippen LogP contribution is 2.51. The summed E-state index contributed by atoms with van der Waals surface area (Å²) in [6.45, 7) is 21.5. The molecule has 0 aromatic heterocycles. The molecule has 1 unspecified atom stereocenters. The van der Waals surface area contributed by atoms with Crippen molar-refractivity contribution in [3.8, 4) is 0 Å². The molecule has 0 radical (unpaired) electrons. The maximum Gasteiger partial charge on any atom is 0.0987 e. The van der Waals surface area contributed by atoms with Crippen molar-refractivity contribution >= 4 is 13.2 Å². The third-order valence-corrected chi connectivity index (χ3v) is 7.48. The molecule has 112 valence electrons. The molecule has 0 aliphatic carbocycles. The van der Waals surface area contributed by atoms with Crippen LogP contribution in [0.2, 0.25) is 0 Å². The van der Waals surface area contributed by atoms with Gasteiger partial charge in [0.2, 0.25) is 0 Å². The van der Waals surface area contributed by atoms with Gasteiger partial charge in [0.15, 0.2) is 0 Å². The van der Waals surface area contributed by atoms with E-state index in [0.717, 1.165) is 0 Å². The molecule has 20 heavy (non-hydrogen) atoms. The molecule has 0 N–H and O–H groups in total. The molecule has 0 bridgehead atoms. The number of fused-ring (bicyclic) bond motifs is 1. The maximum absolute atomic E-state index is 2.52. The third kappa shape index (κ3) is 2.69. The zero-order valence-corrected chi connectivity index (χ0v) is 15.9. The summed E-state index contributed by atoms with van der Waals surface area (Å²) in [6, 6.07) is 5.03. The van der Waals surface area contributed by atoms with E-state index in [1.54, 1.807) is 16.4 Å². The molecule has 2 rings (SSSR count). The van der Waals surface area contributed by atoms with Gasteiger partial charge in [-0.1, -0.05) is 67.5 Å². The highest BCUT2D eigenvalue weighted by molar-refractivity contribution is 7.65. The summed E-state index contributed by atoms with van der Waals surface area (Å²) in [5.41, 5.74) is 5.60. The van der Waals surface area contributed by atoms with Crippen LogP contribution in [0, 0.1) is 0 Å². The van der Waals surface area contributed by atoms with Crippen molar-refractivity contribution in [3.63, 3.8) is 0 Å². The molecule has 0 nitrogen and oxygen atoms in total. The van der Waals surface area contributed by atoms with E-state index in [0.29, 0.717) is 5.41 Å². The van der Waals surface area contributed by atoms with Crippen molar-refractivity contribution in [1.29, 1.82) is 0 Å². The Morgan fingerprint density at radius 1 is 0.950 bits per heavy atom. The second-order valence-electron chi connectivity index (χ2n) is 9.29.